The van der Waals surface area contributed by atoms with Crippen LogP contribution in [-0.2, 0) is 14.3 Å². The number of para-hydroxylation sites is 2. The Balaban J connectivity index is 1.94. The molecule has 1 aromatic heterocycles. The molecule has 0 spiro atoms. The molecule has 0 N–H and O–H groups in total. The summed E-state index contributed by atoms with van der Waals surface area (Å²) in [6.45, 7) is 5.09. The lowest BCUT2D eigenvalue weighted by Gasteiger charge is -2.15. The van der Waals surface area contributed by atoms with Gasteiger partial charge in [0.2, 0.25) is 5.89 Å². The van der Waals surface area contributed by atoms with E-state index in [4.69, 9.17) is 9.15 Å². The summed E-state index contributed by atoms with van der Waals surface area (Å²) in [6.07, 6.45) is 2.62. The van der Waals surface area contributed by atoms with E-state index in [0.717, 1.165) is 0 Å². The van der Waals surface area contributed by atoms with E-state index in [1.165, 1.54) is 12.2 Å². The second-order valence-corrected chi connectivity index (χ2v) is 5.63. The van der Waals surface area contributed by atoms with Crippen molar-refractivity contribution < 1.29 is 18.7 Å². The first-order valence-electron chi connectivity index (χ1n) is 6.60. The van der Waals surface area contributed by atoms with Gasteiger partial charge < -0.3 is 9.15 Å². The van der Waals surface area contributed by atoms with Crippen LogP contribution in [0.5, 0.6) is 0 Å². The zero-order valence-corrected chi connectivity index (χ0v) is 12.3. The highest BCUT2D eigenvalue weighted by Crippen LogP contribution is 2.16. The van der Waals surface area contributed by atoms with Gasteiger partial charge in [-0.25, -0.2) is 9.78 Å². The SMILES string of the molecule is CC(C)(C)C(=O)COC(=O)/C=C/c1nc2ccccc2o1. The largest absolute Gasteiger partial charge is 0.454 e. The van der Waals surface area contributed by atoms with Gasteiger partial charge in [-0.3, -0.25) is 4.79 Å². The number of benzene rings is 1. The minimum atomic E-state index is -0.602. The first kappa shape index (κ1) is 15.0. The highest BCUT2D eigenvalue weighted by atomic mass is 16.5. The topological polar surface area (TPSA) is 69.4 Å². The van der Waals surface area contributed by atoms with Gasteiger partial charge in [0.25, 0.3) is 0 Å². The van der Waals surface area contributed by atoms with Crippen LogP contribution in [0.15, 0.2) is 34.8 Å². The molecule has 1 heterocycles. The molecule has 1 aromatic carbocycles. The maximum absolute atomic E-state index is 11.6. The molecule has 2 aromatic rings. The second kappa shape index (κ2) is 5.91. The number of esters is 1. The van der Waals surface area contributed by atoms with E-state index in [9.17, 15) is 9.59 Å². The summed E-state index contributed by atoms with van der Waals surface area (Å²) in [5.41, 5.74) is 0.839. The number of hydrogen-bond acceptors (Lipinski definition) is 5. The lowest BCUT2D eigenvalue weighted by molar-refractivity contribution is -0.145. The Morgan fingerprint density at radius 1 is 1.29 bits per heavy atom. The smallest absolute Gasteiger partial charge is 0.331 e. The van der Waals surface area contributed by atoms with Gasteiger partial charge in [-0.15, -0.1) is 0 Å². The Hall–Kier alpha value is -2.43. The fourth-order valence-corrected chi connectivity index (χ4v) is 1.50. The first-order valence-corrected chi connectivity index (χ1v) is 6.60. The van der Waals surface area contributed by atoms with Gasteiger partial charge in [0.1, 0.15) is 5.52 Å². The van der Waals surface area contributed by atoms with Gasteiger partial charge in [0.15, 0.2) is 18.0 Å². The summed E-state index contributed by atoms with van der Waals surface area (Å²) in [4.78, 5) is 27.4. The fourth-order valence-electron chi connectivity index (χ4n) is 1.50. The monoisotopic (exact) mass is 287 g/mol. The van der Waals surface area contributed by atoms with Gasteiger partial charge in [-0.05, 0) is 12.1 Å². The number of aromatic nitrogens is 1. The number of carbonyl (C=O) groups excluding carboxylic acids is 2. The third-order valence-corrected chi connectivity index (χ3v) is 2.85. The molecule has 0 aliphatic carbocycles. The van der Waals surface area contributed by atoms with Gasteiger partial charge in [0, 0.05) is 17.6 Å². The summed E-state index contributed by atoms with van der Waals surface area (Å²) in [6, 6.07) is 7.30. The normalized spacial score (nSPS) is 12.0. The van der Waals surface area contributed by atoms with Crippen molar-refractivity contribution in [1.82, 2.24) is 4.98 Å². The van der Waals surface area contributed by atoms with Crippen molar-refractivity contribution >= 4 is 28.9 Å². The maximum atomic E-state index is 11.6. The molecule has 0 atom stereocenters. The molecule has 0 saturated carbocycles. The number of fused-ring (bicyclic) bond motifs is 1. The summed E-state index contributed by atoms with van der Waals surface area (Å²) in [5, 5.41) is 0. The zero-order valence-electron chi connectivity index (χ0n) is 12.3. The minimum Gasteiger partial charge on any atom is -0.454 e. The zero-order chi connectivity index (χ0) is 15.5. The van der Waals surface area contributed by atoms with E-state index in [2.05, 4.69) is 4.98 Å². The predicted octanol–water partition coefficient (Wildman–Crippen LogP) is 3.00. The van der Waals surface area contributed by atoms with Crippen molar-refractivity contribution in [3.05, 3.63) is 36.2 Å². The van der Waals surface area contributed by atoms with Crippen molar-refractivity contribution in [1.29, 1.82) is 0 Å². The number of hydrogen-bond donors (Lipinski definition) is 0. The first-order chi connectivity index (χ1) is 9.86. The summed E-state index contributed by atoms with van der Waals surface area (Å²) in [5.74, 6) is -0.420. The van der Waals surface area contributed by atoms with Crippen LogP contribution in [0.25, 0.3) is 17.2 Å². The van der Waals surface area contributed by atoms with Gasteiger partial charge in [0.05, 0.1) is 0 Å². The molecule has 0 saturated heterocycles. The number of ether oxygens (including phenoxy) is 1. The number of carbonyl (C=O) groups is 2. The molecule has 21 heavy (non-hydrogen) atoms. The van der Waals surface area contributed by atoms with Crippen molar-refractivity contribution in [2.45, 2.75) is 20.8 Å². The maximum Gasteiger partial charge on any atom is 0.331 e. The van der Waals surface area contributed by atoms with Crippen LogP contribution in [0.1, 0.15) is 26.7 Å². The lowest BCUT2D eigenvalue weighted by Crippen LogP contribution is -2.25. The summed E-state index contributed by atoms with van der Waals surface area (Å²) < 4.78 is 10.3. The summed E-state index contributed by atoms with van der Waals surface area (Å²) in [7, 11) is 0. The van der Waals surface area contributed by atoms with Gasteiger partial charge >= 0.3 is 5.97 Å². The molecular formula is C16H17NO4. The molecule has 0 radical (unpaired) electrons. The van der Waals surface area contributed by atoms with Crippen LogP contribution < -0.4 is 0 Å². The lowest BCUT2D eigenvalue weighted by atomic mass is 9.91. The molecule has 110 valence electrons. The van der Waals surface area contributed by atoms with Crippen LogP contribution in [0.2, 0.25) is 0 Å². The molecule has 0 aliphatic rings. The Labute approximate surface area is 122 Å². The third kappa shape index (κ3) is 4.02. The minimum absolute atomic E-state index is 0.133. The van der Waals surface area contributed by atoms with E-state index in [1.54, 1.807) is 26.8 Å². The molecule has 0 bridgehead atoms. The van der Waals surface area contributed by atoms with Crippen LogP contribution in [0.4, 0.5) is 0 Å². The average molecular weight is 287 g/mol. The highest BCUT2D eigenvalue weighted by Gasteiger charge is 2.22. The number of Topliss-reactive ketones (excluding diaryl/α,β-unsaturated/α-hetero) is 1. The number of rotatable bonds is 4. The molecule has 0 aliphatic heterocycles. The molecule has 0 fully saturated rings. The van der Waals surface area contributed by atoms with E-state index < -0.39 is 11.4 Å². The molecular weight excluding hydrogens is 270 g/mol. The van der Waals surface area contributed by atoms with Crippen LogP contribution in [0, 0.1) is 5.41 Å². The molecule has 0 amide bonds. The van der Waals surface area contributed by atoms with Crippen LogP contribution in [-0.4, -0.2) is 23.3 Å². The predicted molar refractivity (Wildman–Crippen MR) is 78.5 cm³/mol. The van der Waals surface area contributed by atoms with Gasteiger partial charge in [-0.1, -0.05) is 32.9 Å². The van der Waals surface area contributed by atoms with Crippen LogP contribution >= 0.6 is 0 Å². The van der Waals surface area contributed by atoms with E-state index >= 15 is 0 Å². The quantitative estimate of drug-likeness (QED) is 0.638. The third-order valence-electron chi connectivity index (χ3n) is 2.85. The van der Waals surface area contributed by atoms with Gasteiger partial charge in [-0.2, -0.15) is 0 Å². The van der Waals surface area contributed by atoms with Crippen molar-refractivity contribution in [2.75, 3.05) is 6.61 Å². The Bertz CT molecular complexity index is 659. The van der Waals surface area contributed by atoms with E-state index in [1.807, 2.05) is 18.2 Å². The van der Waals surface area contributed by atoms with Crippen LogP contribution in [0.3, 0.4) is 0 Å². The Morgan fingerprint density at radius 3 is 2.67 bits per heavy atom. The average Bonchev–Trinajstić information content (AvgIpc) is 2.84. The summed E-state index contributed by atoms with van der Waals surface area (Å²) >= 11 is 0. The number of oxazole rings is 1. The highest BCUT2D eigenvalue weighted by molar-refractivity contribution is 5.91. The van der Waals surface area contributed by atoms with Crippen molar-refractivity contribution in [3.8, 4) is 0 Å². The van der Waals surface area contributed by atoms with Crippen molar-refractivity contribution in [3.63, 3.8) is 0 Å². The standard InChI is InChI=1S/C16H17NO4/c1-16(2,3)13(18)10-20-15(19)9-8-14-17-11-6-4-5-7-12(11)21-14/h4-9H,10H2,1-3H3/b9-8+. The van der Waals surface area contributed by atoms with E-state index in [0.29, 0.717) is 17.0 Å². The molecule has 5 nitrogen and oxygen atoms in total. The fraction of sp³-hybridized carbons (Fsp3) is 0.312. The van der Waals surface area contributed by atoms with Crippen molar-refractivity contribution in [2.24, 2.45) is 5.41 Å². The molecule has 2 rings (SSSR count). The molecule has 0 unspecified atom stereocenters. The van der Waals surface area contributed by atoms with E-state index in [-0.39, 0.29) is 12.4 Å². The number of nitrogens with zero attached hydrogens (tertiary/aromatic N) is 1. The number of ketones is 1. The Morgan fingerprint density at radius 2 is 2.00 bits per heavy atom. The Kier molecular flexibility index (Phi) is 4.21. The molecule has 5 heteroatoms. The second-order valence-electron chi connectivity index (χ2n) is 5.63.